The molecule has 4 fully saturated rings. The van der Waals surface area contributed by atoms with Crippen LogP contribution in [0.3, 0.4) is 0 Å². The maximum atomic E-state index is 13.8. The maximum absolute atomic E-state index is 13.8. The van der Waals surface area contributed by atoms with Crippen LogP contribution in [0, 0.1) is 30.6 Å². The van der Waals surface area contributed by atoms with E-state index in [1.54, 1.807) is 12.1 Å². The van der Waals surface area contributed by atoms with E-state index in [-0.39, 0.29) is 48.9 Å². The van der Waals surface area contributed by atoms with E-state index in [4.69, 9.17) is 4.74 Å². The van der Waals surface area contributed by atoms with Crippen LogP contribution < -0.4 is 4.46 Å². The summed E-state index contributed by atoms with van der Waals surface area (Å²) < 4.78 is 36.3. The Morgan fingerprint density at radius 3 is 2.33 bits per heavy atom. The zero-order valence-corrected chi connectivity index (χ0v) is 27.3. The molecular weight excluding hydrogens is 627 g/mol. The number of carbonyl (C=O) groups is 1. The van der Waals surface area contributed by atoms with Gasteiger partial charge in [0, 0.05) is 0 Å². The Balaban J connectivity index is 1.24. The fourth-order valence-corrected chi connectivity index (χ4v) is 15.1. The molecule has 3 aromatic rings. The Hall–Kier alpha value is -1.89. The summed E-state index contributed by atoms with van der Waals surface area (Å²) in [5, 5.41) is 0. The van der Waals surface area contributed by atoms with Crippen LogP contribution in [0.2, 0.25) is 4.82 Å². The van der Waals surface area contributed by atoms with E-state index >= 15 is 0 Å². The zero-order valence-electron chi connectivity index (χ0n) is 24.0. The second kappa shape index (κ2) is 11.2. The fraction of sp³-hybridized carbons (Fsp3) is 0.457. The number of sulfone groups is 1. The molecule has 4 nitrogen and oxygen atoms in total. The summed E-state index contributed by atoms with van der Waals surface area (Å²) >= 11 is 2.01. The van der Waals surface area contributed by atoms with Gasteiger partial charge >= 0.3 is 262 Å². The Labute approximate surface area is 260 Å². The molecule has 2 aliphatic carbocycles. The van der Waals surface area contributed by atoms with Gasteiger partial charge in [-0.15, -0.1) is 0 Å². The van der Waals surface area contributed by atoms with Gasteiger partial charge in [-0.1, -0.05) is 0 Å². The first kappa shape index (κ1) is 28.9. The molecule has 2 heterocycles. The summed E-state index contributed by atoms with van der Waals surface area (Å²) in [6.45, 7) is 1.98. The second-order valence-corrected chi connectivity index (χ2v) is 18.5. The fourth-order valence-electron chi connectivity index (χ4n) is 8.55. The van der Waals surface area contributed by atoms with E-state index < -0.39 is 15.4 Å². The van der Waals surface area contributed by atoms with Crippen molar-refractivity contribution in [3.05, 3.63) is 90.5 Å². The average Bonchev–Trinajstić information content (AvgIpc) is 3.54. The molecule has 0 amide bonds. The van der Waals surface area contributed by atoms with Crippen LogP contribution in [-0.2, 0) is 19.4 Å². The van der Waals surface area contributed by atoms with Crippen LogP contribution in [0.25, 0.3) is 0 Å². The van der Waals surface area contributed by atoms with Gasteiger partial charge < -0.3 is 0 Å². The van der Waals surface area contributed by atoms with E-state index in [9.17, 15) is 13.2 Å². The first-order valence-corrected chi connectivity index (χ1v) is 19.7. The molecule has 7 rings (SSSR count). The molecule has 2 saturated heterocycles. The molecule has 2 aliphatic heterocycles. The van der Waals surface area contributed by atoms with Crippen molar-refractivity contribution in [1.82, 2.24) is 0 Å². The summed E-state index contributed by atoms with van der Waals surface area (Å²) in [6.07, 6.45) is 4.67. The Kier molecular flexibility index (Phi) is 7.72. The third-order valence-corrected chi connectivity index (χ3v) is 16.5. The first-order valence-electron chi connectivity index (χ1n) is 15.2. The number of hydrogen-bond acceptors (Lipinski definition) is 5. The SMILES string of the molecule is Cc1ccc(S(=O)(=O)C[C@@H]2CC[C@]34CC(=O)C[C@@H]5[C@H](CSc6ccccc6)CC[C@@]5(O3)[C@@H]([Se]c3ccccc3)[C@H]24)cc1. The Morgan fingerprint density at radius 2 is 1.60 bits per heavy atom. The molecule has 2 saturated carbocycles. The van der Waals surface area contributed by atoms with Gasteiger partial charge in [0.15, 0.2) is 0 Å². The molecule has 220 valence electrons. The van der Waals surface area contributed by atoms with Crippen LogP contribution in [0.1, 0.15) is 44.1 Å². The number of ketones is 1. The molecule has 3 aromatic carbocycles. The van der Waals surface area contributed by atoms with Crippen molar-refractivity contribution in [2.75, 3.05) is 11.5 Å². The van der Waals surface area contributed by atoms with Crippen molar-refractivity contribution >= 4 is 46.8 Å². The molecular formula is C35H38O4S2Se. The van der Waals surface area contributed by atoms with Gasteiger partial charge in [-0.2, -0.15) is 0 Å². The van der Waals surface area contributed by atoms with Crippen molar-refractivity contribution < 1.29 is 17.9 Å². The van der Waals surface area contributed by atoms with Crippen LogP contribution >= 0.6 is 11.8 Å². The number of carbonyl (C=O) groups excluding carboxylic acids is 1. The van der Waals surface area contributed by atoms with Gasteiger partial charge in [-0.25, -0.2) is 0 Å². The number of thioether (sulfide) groups is 1. The molecule has 0 radical (unpaired) electrons. The van der Waals surface area contributed by atoms with Gasteiger partial charge in [0.25, 0.3) is 0 Å². The summed E-state index contributed by atoms with van der Waals surface area (Å²) in [4.78, 5) is 15.6. The summed E-state index contributed by atoms with van der Waals surface area (Å²) in [6, 6.07) is 28.6. The third-order valence-electron chi connectivity index (χ3n) is 10.3. The Bertz CT molecular complexity index is 1540. The van der Waals surface area contributed by atoms with Gasteiger partial charge in [0.05, 0.1) is 0 Å². The number of rotatable bonds is 8. The number of Topliss-reactive ketones (excluding diaryl/α,β-unsaturated/α-hetero) is 1. The third kappa shape index (κ3) is 5.13. The van der Waals surface area contributed by atoms with Crippen molar-refractivity contribution in [1.29, 1.82) is 0 Å². The molecule has 2 spiro atoms. The molecule has 0 aromatic heterocycles. The first-order chi connectivity index (χ1) is 20.3. The minimum absolute atomic E-state index is 0.00411. The van der Waals surface area contributed by atoms with E-state index in [0.29, 0.717) is 29.4 Å². The van der Waals surface area contributed by atoms with E-state index in [1.165, 1.54) is 9.36 Å². The van der Waals surface area contributed by atoms with Crippen molar-refractivity contribution in [3.8, 4) is 0 Å². The predicted octanol–water partition coefficient (Wildman–Crippen LogP) is 6.30. The van der Waals surface area contributed by atoms with Crippen molar-refractivity contribution in [2.45, 2.75) is 71.3 Å². The number of benzene rings is 3. The average molecular weight is 666 g/mol. The van der Waals surface area contributed by atoms with Crippen LogP contribution in [0.15, 0.2) is 94.7 Å². The molecule has 0 unspecified atom stereocenters. The molecule has 7 heteroatoms. The number of ether oxygens (including phenoxy) is 1. The molecule has 7 atom stereocenters. The van der Waals surface area contributed by atoms with E-state index in [0.717, 1.165) is 37.0 Å². The van der Waals surface area contributed by atoms with E-state index in [1.807, 2.05) is 30.8 Å². The van der Waals surface area contributed by atoms with E-state index in [2.05, 4.69) is 60.7 Å². The van der Waals surface area contributed by atoms with Crippen LogP contribution in [0.4, 0.5) is 0 Å². The molecule has 4 aliphatic rings. The molecule has 0 N–H and O–H groups in total. The molecule has 2 bridgehead atoms. The topological polar surface area (TPSA) is 60.4 Å². The van der Waals surface area contributed by atoms with Crippen molar-refractivity contribution in [2.24, 2.45) is 23.7 Å². The van der Waals surface area contributed by atoms with Crippen LogP contribution in [0.5, 0.6) is 0 Å². The summed E-state index contributed by atoms with van der Waals surface area (Å²) in [5.74, 6) is 2.13. The normalized spacial score (nSPS) is 33.7. The second-order valence-electron chi connectivity index (χ2n) is 12.8. The predicted molar refractivity (Wildman–Crippen MR) is 169 cm³/mol. The summed E-state index contributed by atoms with van der Waals surface area (Å²) in [5.41, 5.74) is 0.182. The van der Waals surface area contributed by atoms with Gasteiger partial charge in [0.2, 0.25) is 0 Å². The summed E-state index contributed by atoms with van der Waals surface area (Å²) in [7, 11) is -3.46. The van der Waals surface area contributed by atoms with Gasteiger partial charge in [-0.05, 0) is 0 Å². The van der Waals surface area contributed by atoms with Crippen LogP contribution in [-0.4, -0.2) is 51.9 Å². The standard InChI is InChI=1S/C35H38O4S2Se/c1-24-12-14-29(15-13-24)41(37,38)23-26-16-18-34-21-27(36)20-31-25(22-40-28-8-4-2-5-9-28)17-19-35(31,39-34)33(32(26)34)42-30-10-6-3-7-11-30/h2-15,25-26,31-33H,16-23H2,1H3/t25-,26-,31+,32-,33-,34+,35-/m0/s1. The van der Waals surface area contributed by atoms with Crippen molar-refractivity contribution in [3.63, 3.8) is 0 Å². The minimum atomic E-state index is -3.46. The zero-order chi connectivity index (χ0) is 29.0. The monoisotopic (exact) mass is 666 g/mol. The Morgan fingerprint density at radius 1 is 0.905 bits per heavy atom. The number of hydrogen-bond donors (Lipinski definition) is 0. The van der Waals surface area contributed by atoms with Gasteiger partial charge in [-0.3, -0.25) is 0 Å². The molecule has 42 heavy (non-hydrogen) atoms. The number of aryl methyl sites for hydroxylation is 1. The quantitative estimate of drug-likeness (QED) is 0.209. The van der Waals surface area contributed by atoms with Gasteiger partial charge in [0.1, 0.15) is 0 Å².